The summed E-state index contributed by atoms with van der Waals surface area (Å²) >= 11 is 1.43. The molecule has 8 atom stereocenters. The van der Waals surface area contributed by atoms with E-state index in [0.717, 1.165) is 33.8 Å². The van der Waals surface area contributed by atoms with Crippen LogP contribution in [0.1, 0.15) is 38.7 Å². The maximum atomic E-state index is 14.2. The smallest absolute Gasteiger partial charge is 0.243 e. The van der Waals surface area contributed by atoms with E-state index in [1.807, 2.05) is 38.1 Å². The van der Waals surface area contributed by atoms with E-state index in [2.05, 4.69) is 15.6 Å². The fraction of sp³-hybridized carbons (Fsp3) is 0.618. The molecule has 1 aliphatic carbocycles. The van der Waals surface area contributed by atoms with Gasteiger partial charge in [-0.15, -0.1) is 0 Å². The number of methoxy groups -OCH3 is 1. The molecule has 0 amide bonds. The molecule has 0 radical (unpaired) electrons. The van der Waals surface area contributed by atoms with Crippen LogP contribution in [0.25, 0.3) is 10.2 Å². The number of benzene rings is 2. The number of aromatic nitrogens is 1. The molecule has 0 spiro atoms. The fourth-order valence-electron chi connectivity index (χ4n) is 6.76. The maximum Gasteiger partial charge on any atom is 0.243 e. The molecule has 49 heavy (non-hydrogen) atoms. The number of aliphatic hydroxyl groups excluding tert-OH is 2. The average molecular weight is 719 g/mol. The third-order valence-corrected chi connectivity index (χ3v) is 12.3. The predicted molar refractivity (Wildman–Crippen MR) is 183 cm³/mol. The summed E-state index contributed by atoms with van der Waals surface area (Å²) in [5, 5.41) is 30.2. The van der Waals surface area contributed by atoms with Crippen molar-refractivity contribution in [1.29, 1.82) is 0 Å². The monoisotopic (exact) mass is 718 g/mol. The lowest BCUT2D eigenvalue weighted by molar-refractivity contribution is -0.219. The van der Waals surface area contributed by atoms with Crippen molar-refractivity contribution in [2.75, 3.05) is 38.7 Å². The van der Waals surface area contributed by atoms with E-state index in [1.54, 1.807) is 25.3 Å². The molecular weight excluding hydrogens is 673 g/mol. The molecule has 6 unspecified atom stereocenters. The van der Waals surface area contributed by atoms with Crippen LogP contribution in [0.4, 0.5) is 5.13 Å². The highest BCUT2D eigenvalue weighted by molar-refractivity contribution is 7.89. The van der Waals surface area contributed by atoms with E-state index in [4.69, 9.17) is 23.7 Å². The van der Waals surface area contributed by atoms with Gasteiger partial charge in [0.1, 0.15) is 18.0 Å². The van der Waals surface area contributed by atoms with E-state index in [-0.39, 0.29) is 48.6 Å². The molecule has 5 aliphatic rings. The van der Waals surface area contributed by atoms with Crippen molar-refractivity contribution >= 4 is 36.7 Å². The number of aliphatic hydroxyl groups is 2. The summed E-state index contributed by atoms with van der Waals surface area (Å²) in [6.07, 6.45) is -1.18. The second kappa shape index (κ2) is 14.7. The van der Waals surface area contributed by atoms with E-state index >= 15 is 0 Å². The van der Waals surface area contributed by atoms with Crippen LogP contribution in [0.15, 0.2) is 47.4 Å². The first-order chi connectivity index (χ1) is 23.5. The van der Waals surface area contributed by atoms with Crippen LogP contribution in [0.3, 0.4) is 0 Å². The molecule has 4 N–H and O–H groups in total. The van der Waals surface area contributed by atoms with Crippen molar-refractivity contribution < 1.29 is 42.3 Å². The molecule has 3 aromatic rings. The number of hydrogen-bond acceptors (Lipinski definition) is 13. The Morgan fingerprint density at radius 1 is 1.06 bits per heavy atom. The van der Waals surface area contributed by atoms with Crippen LogP contribution in [0, 0.1) is 11.8 Å². The van der Waals surface area contributed by atoms with E-state index in [0.29, 0.717) is 31.4 Å². The van der Waals surface area contributed by atoms with Gasteiger partial charge in [-0.25, -0.2) is 13.4 Å². The van der Waals surface area contributed by atoms with Gasteiger partial charge in [0.05, 0.1) is 47.6 Å². The van der Waals surface area contributed by atoms with Crippen LogP contribution in [0.2, 0.25) is 0 Å². The van der Waals surface area contributed by atoms with Gasteiger partial charge < -0.3 is 39.2 Å². The van der Waals surface area contributed by atoms with Gasteiger partial charge in [-0.3, -0.25) is 5.32 Å². The van der Waals surface area contributed by atoms with Crippen LogP contribution in [-0.4, -0.2) is 111 Å². The number of nitrogens with one attached hydrogen (secondary N) is 2. The SMILES string of the molecule is COc1ccc(C[C@H](NC(O)OC2C3COC4OC2CC4CO3)[C@H](O)CN(CC(C)C)S(=O)(=O)c2ccc3nc(NC4CC4)sc3c2)cc1. The summed E-state index contributed by atoms with van der Waals surface area (Å²) in [5.41, 5.74) is 1.58. The number of fused-ring (bicyclic) bond motifs is 3. The lowest BCUT2D eigenvalue weighted by Crippen LogP contribution is -2.54. The second-order valence-corrected chi connectivity index (χ2v) is 16.8. The van der Waals surface area contributed by atoms with Crippen LogP contribution >= 0.6 is 11.3 Å². The van der Waals surface area contributed by atoms with Crippen molar-refractivity contribution in [3.8, 4) is 5.75 Å². The highest BCUT2D eigenvalue weighted by Crippen LogP contribution is 2.39. The summed E-state index contributed by atoms with van der Waals surface area (Å²) in [6, 6.07) is 12.0. The summed E-state index contributed by atoms with van der Waals surface area (Å²) in [4.78, 5) is 4.75. The van der Waals surface area contributed by atoms with Crippen LogP contribution in [0.5, 0.6) is 5.75 Å². The zero-order chi connectivity index (χ0) is 34.3. The number of thiazole rings is 1. The minimum Gasteiger partial charge on any atom is -0.497 e. The van der Waals surface area contributed by atoms with Crippen LogP contribution in [-0.2, 0) is 35.4 Å². The minimum absolute atomic E-state index is 0.0201. The highest BCUT2D eigenvalue weighted by atomic mass is 32.2. The van der Waals surface area contributed by atoms with Gasteiger partial charge in [-0.2, -0.15) is 4.31 Å². The van der Waals surface area contributed by atoms with Crippen molar-refractivity contribution in [1.82, 2.24) is 14.6 Å². The fourth-order valence-corrected chi connectivity index (χ4v) is 9.46. The molecule has 2 aromatic carbocycles. The summed E-state index contributed by atoms with van der Waals surface area (Å²) < 4.78 is 59.8. The highest BCUT2D eigenvalue weighted by Gasteiger charge is 2.51. The minimum atomic E-state index is -4.02. The molecule has 5 heterocycles. The topological polar surface area (TPSA) is 161 Å². The lowest BCUT2D eigenvalue weighted by atomic mass is 10.00. The van der Waals surface area contributed by atoms with Gasteiger partial charge in [0, 0.05) is 31.1 Å². The molecule has 268 valence electrons. The first kappa shape index (κ1) is 35.0. The maximum absolute atomic E-state index is 14.2. The van der Waals surface area contributed by atoms with E-state index in [1.165, 1.54) is 15.6 Å². The number of anilines is 1. The molecule has 8 rings (SSSR count). The normalized spacial score (nSPS) is 27.0. The number of ether oxygens (including phenoxy) is 5. The van der Waals surface area contributed by atoms with Crippen molar-refractivity contribution in [2.24, 2.45) is 11.8 Å². The third-order valence-electron chi connectivity index (χ3n) is 9.49. The molecule has 4 saturated heterocycles. The third kappa shape index (κ3) is 8.06. The Kier molecular flexibility index (Phi) is 10.5. The molecule has 4 aliphatic heterocycles. The first-order valence-corrected chi connectivity index (χ1v) is 19.3. The molecule has 13 nitrogen and oxygen atoms in total. The van der Waals surface area contributed by atoms with Gasteiger partial charge in [0.2, 0.25) is 16.4 Å². The Bertz CT molecular complexity index is 1670. The zero-order valence-electron chi connectivity index (χ0n) is 27.9. The molecule has 1 aromatic heterocycles. The number of hydrogen-bond donors (Lipinski definition) is 4. The van der Waals surface area contributed by atoms with E-state index < -0.39 is 40.8 Å². The predicted octanol–water partition coefficient (Wildman–Crippen LogP) is 2.91. The second-order valence-electron chi connectivity index (χ2n) is 13.9. The Hall–Kier alpha value is -2.44. The summed E-state index contributed by atoms with van der Waals surface area (Å²) in [7, 11) is -2.43. The van der Waals surface area contributed by atoms with Gasteiger partial charge in [-0.05, 0) is 67.5 Å². The Labute approximate surface area is 290 Å². The summed E-state index contributed by atoms with van der Waals surface area (Å²) in [5.74, 6) is 0.777. The Balaban J connectivity index is 1.10. The molecular formula is C34H46N4O9S2. The largest absolute Gasteiger partial charge is 0.497 e. The number of rotatable bonds is 16. The average Bonchev–Trinajstić information content (AvgIpc) is 3.78. The molecule has 5 fully saturated rings. The van der Waals surface area contributed by atoms with E-state index in [9.17, 15) is 18.6 Å². The van der Waals surface area contributed by atoms with Gasteiger partial charge in [0.25, 0.3) is 0 Å². The zero-order valence-corrected chi connectivity index (χ0v) is 29.6. The first-order valence-electron chi connectivity index (χ1n) is 17.0. The molecule has 15 heteroatoms. The van der Waals surface area contributed by atoms with Crippen molar-refractivity contribution in [3.63, 3.8) is 0 Å². The van der Waals surface area contributed by atoms with Gasteiger partial charge >= 0.3 is 0 Å². The summed E-state index contributed by atoms with van der Waals surface area (Å²) in [6.45, 7) is 4.64. The van der Waals surface area contributed by atoms with Crippen molar-refractivity contribution in [3.05, 3.63) is 48.0 Å². The quantitative estimate of drug-likeness (QED) is 0.161. The Morgan fingerprint density at radius 2 is 1.86 bits per heavy atom. The lowest BCUT2D eigenvalue weighted by Gasteiger charge is -2.34. The number of nitrogens with zero attached hydrogens (tertiary/aromatic N) is 2. The van der Waals surface area contributed by atoms with Crippen LogP contribution < -0.4 is 15.4 Å². The molecule has 4 bridgehead atoms. The Morgan fingerprint density at radius 3 is 2.59 bits per heavy atom. The van der Waals surface area contributed by atoms with Crippen molar-refractivity contribution in [2.45, 2.75) is 93.6 Å². The standard InChI is InChI=1S/C34H46N4O9S2/c1-19(2)15-38(49(41,42)24-10-11-25-30(14-24)48-33(36-25)35-22-6-7-22)16-27(39)26(12-20-4-8-23(43-3)9-5-20)37-34(40)47-31-28-13-21-17-44-29(31)18-45-32(21)46-28/h4-5,8-11,14,19,21-22,26-29,31-32,34,37,39-40H,6-7,12-13,15-18H2,1-3H3,(H,35,36)/t21?,26-,27+,28?,29?,31?,32?,34?/m0/s1. The number of sulfonamides is 1. The van der Waals surface area contributed by atoms with Gasteiger partial charge in [0.15, 0.2) is 11.4 Å². The molecule has 1 saturated carbocycles. The van der Waals surface area contributed by atoms with Gasteiger partial charge in [-0.1, -0.05) is 37.3 Å².